The first-order valence-electron chi connectivity index (χ1n) is 7.45. The molecule has 3 rings (SSSR count). The number of hydrogen-bond donors (Lipinski definition) is 1. The van der Waals surface area contributed by atoms with E-state index in [0.29, 0.717) is 22.5 Å². The van der Waals surface area contributed by atoms with Gasteiger partial charge in [0.15, 0.2) is 5.71 Å². The monoisotopic (exact) mass is 337 g/mol. The molecule has 1 N–H and O–H groups in total. The zero-order valence-corrected chi connectivity index (χ0v) is 13.6. The van der Waals surface area contributed by atoms with Crippen LogP contribution in [0.4, 0.5) is 17.1 Å². The van der Waals surface area contributed by atoms with Crippen LogP contribution in [0.3, 0.4) is 0 Å². The Bertz CT molecular complexity index is 918. The number of nitrogens with one attached hydrogen (secondary N) is 1. The first-order chi connectivity index (χ1) is 12.0. The lowest BCUT2D eigenvalue weighted by molar-refractivity contribution is -0.384. The topological polar surface area (TPSA) is 100 Å². The Morgan fingerprint density at radius 1 is 1.20 bits per heavy atom. The fourth-order valence-corrected chi connectivity index (χ4v) is 2.50. The number of anilines is 2. The van der Waals surface area contributed by atoms with Crippen LogP contribution in [-0.2, 0) is 4.79 Å². The van der Waals surface area contributed by atoms with Crippen molar-refractivity contribution in [2.45, 2.75) is 0 Å². The number of para-hydroxylation sites is 1. The standard InChI is InChI=1S/C17H15N5O3/c1-21(2)14-8-7-11(9-15(14)22(24)25)10-18-20-16-12-5-3-4-6-13(12)19-17(16)23/h3-10H,1-2H3,(H,19,20,23)/b18-10-. The molecule has 0 fully saturated rings. The fraction of sp³-hybridized carbons (Fsp3) is 0.118. The second-order valence-electron chi connectivity index (χ2n) is 5.59. The van der Waals surface area contributed by atoms with E-state index in [4.69, 9.17) is 0 Å². The highest BCUT2D eigenvalue weighted by Crippen LogP contribution is 2.27. The van der Waals surface area contributed by atoms with Crippen molar-refractivity contribution < 1.29 is 9.72 Å². The summed E-state index contributed by atoms with van der Waals surface area (Å²) in [5, 5.41) is 21.8. The largest absolute Gasteiger partial charge is 0.372 e. The van der Waals surface area contributed by atoms with Crippen LogP contribution in [0.5, 0.6) is 0 Å². The van der Waals surface area contributed by atoms with E-state index in [1.54, 1.807) is 43.3 Å². The second-order valence-corrected chi connectivity index (χ2v) is 5.59. The molecule has 25 heavy (non-hydrogen) atoms. The van der Waals surface area contributed by atoms with Gasteiger partial charge in [-0.25, -0.2) is 0 Å². The normalized spacial score (nSPS) is 14.6. The van der Waals surface area contributed by atoms with Crippen LogP contribution >= 0.6 is 0 Å². The van der Waals surface area contributed by atoms with Crippen LogP contribution in [-0.4, -0.2) is 36.9 Å². The Hall–Kier alpha value is -3.55. The summed E-state index contributed by atoms with van der Waals surface area (Å²) in [7, 11) is 3.47. The van der Waals surface area contributed by atoms with E-state index in [0.717, 1.165) is 0 Å². The summed E-state index contributed by atoms with van der Waals surface area (Å²) < 4.78 is 0. The predicted octanol–water partition coefficient (Wildman–Crippen LogP) is 2.44. The minimum Gasteiger partial charge on any atom is -0.372 e. The average Bonchev–Trinajstić information content (AvgIpc) is 2.90. The van der Waals surface area contributed by atoms with Gasteiger partial charge in [0.25, 0.3) is 11.6 Å². The zero-order chi connectivity index (χ0) is 18.0. The summed E-state index contributed by atoms with van der Waals surface area (Å²) in [5.74, 6) is -0.327. The maximum atomic E-state index is 11.9. The number of nitrogens with zero attached hydrogens (tertiary/aromatic N) is 4. The van der Waals surface area contributed by atoms with Gasteiger partial charge in [-0.1, -0.05) is 24.3 Å². The molecule has 2 aromatic carbocycles. The van der Waals surface area contributed by atoms with Crippen LogP contribution in [0.2, 0.25) is 0 Å². The molecule has 0 aromatic heterocycles. The zero-order valence-electron chi connectivity index (χ0n) is 13.6. The highest BCUT2D eigenvalue weighted by Gasteiger charge is 2.25. The Morgan fingerprint density at radius 2 is 1.96 bits per heavy atom. The highest BCUT2D eigenvalue weighted by atomic mass is 16.6. The van der Waals surface area contributed by atoms with Crippen molar-refractivity contribution in [2.75, 3.05) is 24.3 Å². The van der Waals surface area contributed by atoms with Crippen LogP contribution in [0.25, 0.3) is 0 Å². The smallest absolute Gasteiger partial charge is 0.293 e. The van der Waals surface area contributed by atoms with Crippen molar-refractivity contribution in [3.05, 3.63) is 63.7 Å². The summed E-state index contributed by atoms with van der Waals surface area (Å²) in [5.41, 5.74) is 2.58. The van der Waals surface area contributed by atoms with Crippen molar-refractivity contribution in [1.29, 1.82) is 0 Å². The molecule has 8 nitrogen and oxygen atoms in total. The predicted molar refractivity (Wildman–Crippen MR) is 96.6 cm³/mol. The van der Waals surface area contributed by atoms with E-state index in [9.17, 15) is 14.9 Å². The van der Waals surface area contributed by atoms with Crippen LogP contribution in [0.1, 0.15) is 11.1 Å². The van der Waals surface area contributed by atoms with Crippen molar-refractivity contribution in [3.63, 3.8) is 0 Å². The van der Waals surface area contributed by atoms with Crippen molar-refractivity contribution in [1.82, 2.24) is 0 Å². The molecule has 126 valence electrons. The molecule has 0 saturated carbocycles. The first kappa shape index (κ1) is 16.3. The highest BCUT2D eigenvalue weighted by molar-refractivity contribution is 6.53. The van der Waals surface area contributed by atoms with Crippen LogP contribution < -0.4 is 10.2 Å². The third kappa shape index (κ3) is 3.23. The molecule has 1 aliphatic rings. The van der Waals surface area contributed by atoms with Crippen molar-refractivity contribution in [2.24, 2.45) is 10.2 Å². The molecule has 0 radical (unpaired) electrons. The van der Waals surface area contributed by atoms with E-state index in [1.807, 2.05) is 12.1 Å². The Labute approximate surface area is 143 Å². The van der Waals surface area contributed by atoms with Crippen molar-refractivity contribution >= 4 is 34.9 Å². The van der Waals surface area contributed by atoms with Gasteiger partial charge in [-0.3, -0.25) is 14.9 Å². The quantitative estimate of drug-likeness (QED) is 0.526. The Kier molecular flexibility index (Phi) is 4.25. The van der Waals surface area contributed by atoms with E-state index >= 15 is 0 Å². The molecule has 1 aliphatic heterocycles. The molecular formula is C17H15N5O3. The number of carbonyl (C=O) groups excluding carboxylic acids is 1. The molecule has 0 atom stereocenters. The van der Waals surface area contributed by atoms with Crippen LogP contribution in [0, 0.1) is 10.1 Å². The summed E-state index contributed by atoms with van der Waals surface area (Å²) in [6.07, 6.45) is 1.38. The summed E-state index contributed by atoms with van der Waals surface area (Å²) in [4.78, 5) is 24.3. The summed E-state index contributed by atoms with van der Waals surface area (Å²) in [6.45, 7) is 0. The lowest BCUT2D eigenvalue weighted by Gasteiger charge is -2.12. The SMILES string of the molecule is CN(C)c1ccc(/C=N\N=C2/C(=O)Nc3ccccc32)cc1[N+](=O)[O-]. The summed E-state index contributed by atoms with van der Waals surface area (Å²) in [6, 6.07) is 11.9. The van der Waals surface area contributed by atoms with E-state index in [2.05, 4.69) is 15.5 Å². The summed E-state index contributed by atoms with van der Waals surface area (Å²) >= 11 is 0. The molecule has 0 saturated heterocycles. The number of nitro groups is 1. The number of rotatable bonds is 4. The fourth-order valence-electron chi connectivity index (χ4n) is 2.50. The maximum absolute atomic E-state index is 11.9. The molecule has 0 spiro atoms. The van der Waals surface area contributed by atoms with Gasteiger partial charge in [-0.05, 0) is 12.1 Å². The van der Waals surface area contributed by atoms with E-state index in [1.165, 1.54) is 12.3 Å². The number of benzene rings is 2. The minimum absolute atomic E-state index is 0.0226. The lowest BCUT2D eigenvalue weighted by Crippen LogP contribution is -2.13. The van der Waals surface area contributed by atoms with Gasteiger partial charge in [-0.15, -0.1) is 5.10 Å². The lowest BCUT2D eigenvalue weighted by atomic mass is 10.1. The first-order valence-corrected chi connectivity index (χ1v) is 7.45. The minimum atomic E-state index is -0.445. The molecule has 0 bridgehead atoms. The van der Waals surface area contributed by atoms with Gasteiger partial charge >= 0.3 is 0 Å². The Morgan fingerprint density at radius 3 is 2.68 bits per heavy atom. The second kappa shape index (κ2) is 6.52. The molecule has 2 aromatic rings. The third-order valence-corrected chi connectivity index (χ3v) is 3.69. The van der Waals surface area contributed by atoms with Gasteiger partial charge in [-0.2, -0.15) is 5.10 Å². The molecule has 0 unspecified atom stereocenters. The number of carbonyl (C=O) groups is 1. The third-order valence-electron chi connectivity index (χ3n) is 3.69. The number of amides is 1. The Balaban J connectivity index is 1.89. The number of hydrogen-bond acceptors (Lipinski definition) is 6. The van der Waals surface area contributed by atoms with Crippen LogP contribution in [0.15, 0.2) is 52.7 Å². The molecule has 0 aliphatic carbocycles. The maximum Gasteiger partial charge on any atom is 0.293 e. The molecule has 1 amide bonds. The average molecular weight is 337 g/mol. The van der Waals surface area contributed by atoms with E-state index < -0.39 is 4.92 Å². The molecule has 8 heteroatoms. The molecular weight excluding hydrogens is 322 g/mol. The number of fused-ring (bicyclic) bond motifs is 1. The van der Waals surface area contributed by atoms with Gasteiger partial charge in [0.2, 0.25) is 0 Å². The van der Waals surface area contributed by atoms with Gasteiger partial charge in [0.1, 0.15) is 5.69 Å². The van der Waals surface area contributed by atoms with E-state index in [-0.39, 0.29) is 17.3 Å². The molecule has 1 heterocycles. The number of nitro benzene ring substituents is 1. The van der Waals surface area contributed by atoms with Gasteiger partial charge in [0.05, 0.1) is 16.8 Å². The van der Waals surface area contributed by atoms with Gasteiger partial charge < -0.3 is 10.2 Å². The van der Waals surface area contributed by atoms with Gasteiger partial charge in [0, 0.05) is 31.3 Å². The van der Waals surface area contributed by atoms with Crippen molar-refractivity contribution in [3.8, 4) is 0 Å².